The Bertz CT molecular complexity index is 373. The first kappa shape index (κ1) is 9.90. The zero-order chi connectivity index (χ0) is 10.3. The van der Waals surface area contributed by atoms with E-state index in [1.54, 1.807) is 0 Å². The van der Waals surface area contributed by atoms with Crippen LogP contribution >= 0.6 is 11.6 Å². The molecule has 2 rings (SSSR count). The molecule has 0 fully saturated rings. The van der Waals surface area contributed by atoms with Crippen molar-refractivity contribution in [2.45, 2.75) is 19.3 Å². The van der Waals surface area contributed by atoms with Gasteiger partial charge < -0.3 is 12.9 Å². The van der Waals surface area contributed by atoms with E-state index in [1.807, 2.05) is 0 Å². The third-order valence-electron chi connectivity index (χ3n) is 2.56. The van der Waals surface area contributed by atoms with Crippen LogP contribution in [0.3, 0.4) is 0 Å². The Labute approximate surface area is 85.1 Å². The normalized spacial score (nSPS) is 15.7. The smallest absolute Gasteiger partial charge is 0.445 e. The number of halogens is 4. The van der Waals surface area contributed by atoms with E-state index in [4.69, 9.17) is 11.6 Å². The Morgan fingerprint density at radius 3 is 2.21 bits per heavy atom. The van der Waals surface area contributed by atoms with E-state index < -0.39 is 12.4 Å². The van der Waals surface area contributed by atoms with Crippen molar-refractivity contribution in [3.63, 3.8) is 0 Å². The lowest BCUT2D eigenvalue weighted by atomic mass is 9.79. The Balaban J connectivity index is 2.53. The summed E-state index contributed by atoms with van der Waals surface area (Å²) >= 11 is 5.59. The Hall–Kier alpha value is -0.635. The minimum Gasteiger partial charge on any atom is -0.445 e. The minimum absolute atomic E-state index is 0.154. The van der Waals surface area contributed by atoms with Crippen LogP contribution in [-0.2, 0) is 12.8 Å². The van der Waals surface area contributed by atoms with Crippen LogP contribution in [-0.4, -0.2) is 6.98 Å². The topological polar surface area (TPSA) is 0 Å². The highest BCUT2D eigenvalue weighted by Crippen LogP contribution is 2.26. The second-order valence-corrected chi connectivity index (χ2v) is 3.98. The van der Waals surface area contributed by atoms with E-state index in [-0.39, 0.29) is 5.02 Å². The summed E-state index contributed by atoms with van der Waals surface area (Å²) in [6.07, 6.45) is 2.52. The van der Waals surface area contributed by atoms with Crippen molar-refractivity contribution in [2.75, 3.05) is 0 Å². The summed E-state index contributed by atoms with van der Waals surface area (Å²) in [7, 11) is 0. The molecular weight excluding hydrogens is 211 g/mol. The van der Waals surface area contributed by atoms with Crippen LogP contribution in [0.25, 0.3) is 0 Å². The molecule has 0 bridgehead atoms. The number of hydrogen-bond donors (Lipinski definition) is 0. The Kier molecular flexibility index (Phi) is 2.26. The van der Waals surface area contributed by atoms with Crippen molar-refractivity contribution in [3.8, 4) is 0 Å². The minimum atomic E-state index is -4.97. The van der Waals surface area contributed by atoms with Crippen molar-refractivity contribution in [1.82, 2.24) is 0 Å². The van der Waals surface area contributed by atoms with Crippen LogP contribution in [0.5, 0.6) is 0 Å². The number of hydrogen-bond acceptors (Lipinski definition) is 0. The third kappa shape index (κ3) is 1.63. The van der Waals surface area contributed by atoms with Gasteiger partial charge in [0.25, 0.3) is 0 Å². The lowest BCUT2D eigenvalue weighted by Gasteiger charge is -2.18. The van der Waals surface area contributed by atoms with E-state index in [0.717, 1.165) is 30.4 Å². The van der Waals surface area contributed by atoms with Gasteiger partial charge in [-0.25, -0.2) is 0 Å². The van der Waals surface area contributed by atoms with Gasteiger partial charge in [0.05, 0.1) is 0 Å². The molecule has 0 spiro atoms. The molecule has 1 aromatic carbocycles. The maximum atomic E-state index is 12.5. The first-order chi connectivity index (χ1) is 6.48. The molecule has 76 valence electrons. The predicted octanol–water partition coefficient (Wildman–Crippen LogP) is 2.88. The fourth-order valence-corrected chi connectivity index (χ4v) is 2.17. The summed E-state index contributed by atoms with van der Waals surface area (Å²) < 4.78 is 37.5. The lowest BCUT2D eigenvalue weighted by Crippen LogP contribution is -2.35. The summed E-state index contributed by atoms with van der Waals surface area (Å²) in [5, 5.41) is -0.154. The first-order valence-electron chi connectivity index (χ1n) is 4.49. The van der Waals surface area contributed by atoms with E-state index in [0.29, 0.717) is 0 Å². The van der Waals surface area contributed by atoms with E-state index in [2.05, 4.69) is 0 Å². The number of rotatable bonds is 1. The van der Waals surface area contributed by atoms with Gasteiger partial charge in [0, 0.05) is 5.02 Å². The maximum absolute atomic E-state index is 12.5. The summed E-state index contributed by atoms with van der Waals surface area (Å²) in [5.41, 5.74) is 1.13. The Morgan fingerprint density at radius 2 is 1.64 bits per heavy atom. The van der Waals surface area contributed by atoms with Crippen LogP contribution in [0.4, 0.5) is 12.9 Å². The van der Waals surface area contributed by atoms with E-state index in [9.17, 15) is 12.9 Å². The summed E-state index contributed by atoms with van der Waals surface area (Å²) in [5.74, 6) is 0. The van der Waals surface area contributed by atoms with Gasteiger partial charge in [-0.3, -0.25) is 0 Å². The van der Waals surface area contributed by atoms with E-state index >= 15 is 0 Å². The highest BCUT2D eigenvalue weighted by molar-refractivity contribution is 6.76. The average molecular weight is 219 g/mol. The number of aryl methyl sites for hydroxylation is 2. The predicted molar refractivity (Wildman–Crippen MR) is 52.2 cm³/mol. The summed E-state index contributed by atoms with van der Waals surface area (Å²) in [6, 6.07) is 2.68. The van der Waals surface area contributed by atoms with Crippen molar-refractivity contribution in [2.24, 2.45) is 0 Å². The molecule has 0 radical (unpaired) electrons. The van der Waals surface area contributed by atoms with Crippen LogP contribution in [0.1, 0.15) is 17.5 Å². The zero-order valence-corrected chi connectivity index (χ0v) is 8.12. The van der Waals surface area contributed by atoms with E-state index in [1.165, 1.54) is 12.1 Å². The van der Waals surface area contributed by atoms with Gasteiger partial charge in [-0.2, -0.15) is 0 Å². The molecular formula is C9H8BClF3-. The molecule has 0 heterocycles. The third-order valence-corrected chi connectivity index (χ3v) is 2.89. The van der Waals surface area contributed by atoms with Crippen LogP contribution in [0, 0.1) is 0 Å². The fraction of sp³-hybridized carbons (Fsp3) is 0.333. The molecule has 1 aromatic rings. The van der Waals surface area contributed by atoms with Crippen LogP contribution < -0.4 is 5.46 Å². The highest BCUT2D eigenvalue weighted by atomic mass is 35.5. The van der Waals surface area contributed by atoms with Crippen LogP contribution in [0.15, 0.2) is 12.1 Å². The summed E-state index contributed by atoms with van der Waals surface area (Å²) in [6.45, 7) is -4.97. The molecule has 14 heavy (non-hydrogen) atoms. The molecule has 0 N–H and O–H groups in total. The monoisotopic (exact) mass is 219 g/mol. The molecule has 0 nitrogen and oxygen atoms in total. The van der Waals surface area contributed by atoms with Gasteiger partial charge in [0.15, 0.2) is 0 Å². The van der Waals surface area contributed by atoms with Gasteiger partial charge in [-0.05, 0) is 36.5 Å². The van der Waals surface area contributed by atoms with Gasteiger partial charge in [-0.1, -0.05) is 23.1 Å². The molecule has 0 saturated carbocycles. The molecule has 5 heteroatoms. The van der Waals surface area contributed by atoms with Crippen molar-refractivity contribution < 1.29 is 12.9 Å². The zero-order valence-electron chi connectivity index (χ0n) is 7.37. The molecule has 0 amide bonds. The second kappa shape index (κ2) is 3.19. The lowest BCUT2D eigenvalue weighted by molar-refractivity contribution is 0.501. The molecule has 0 unspecified atom stereocenters. The van der Waals surface area contributed by atoms with Crippen molar-refractivity contribution >= 4 is 24.0 Å². The first-order valence-corrected chi connectivity index (χ1v) is 4.87. The molecule has 1 aliphatic carbocycles. The number of benzene rings is 1. The van der Waals surface area contributed by atoms with Gasteiger partial charge in [0.2, 0.25) is 0 Å². The molecule has 1 aliphatic rings. The SMILES string of the molecule is F[B-](F)(F)c1cc2c(cc1Cl)CCC2. The molecule has 0 saturated heterocycles. The fourth-order valence-electron chi connectivity index (χ4n) is 1.86. The molecule has 0 atom stereocenters. The molecule has 0 aromatic heterocycles. The average Bonchev–Trinajstić information content (AvgIpc) is 2.47. The van der Waals surface area contributed by atoms with Gasteiger partial charge >= 0.3 is 6.98 Å². The van der Waals surface area contributed by atoms with Crippen molar-refractivity contribution in [1.29, 1.82) is 0 Å². The maximum Gasteiger partial charge on any atom is 0.511 e. The quantitative estimate of drug-likeness (QED) is 0.637. The number of fused-ring (bicyclic) bond motifs is 1. The molecule has 0 aliphatic heterocycles. The van der Waals surface area contributed by atoms with Crippen LogP contribution in [0.2, 0.25) is 5.02 Å². The van der Waals surface area contributed by atoms with Gasteiger partial charge in [0.1, 0.15) is 0 Å². The highest BCUT2D eigenvalue weighted by Gasteiger charge is 2.29. The Morgan fingerprint density at radius 1 is 1.07 bits per heavy atom. The largest absolute Gasteiger partial charge is 0.511 e. The summed E-state index contributed by atoms with van der Waals surface area (Å²) in [4.78, 5) is 0. The second-order valence-electron chi connectivity index (χ2n) is 3.57. The van der Waals surface area contributed by atoms with Gasteiger partial charge in [-0.15, -0.1) is 0 Å². The standard InChI is InChI=1S/C9H8BClF3/c11-9-5-7-3-1-2-6(7)4-8(9)10(12,13)14/h4-5H,1-3H2/q-1. The van der Waals surface area contributed by atoms with Crippen molar-refractivity contribution in [3.05, 3.63) is 28.3 Å².